The first-order chi connectivity index (χ1) is 23.6. The molecule has 1 aromatic carbocycles. The second-order valence-electron chi connectivity index (χ2n) is 18.7. The molecule has 52 heavy (non-hydrogen) atoms. The molecule has 5 atom stereocenters. The first-order valence-electron chi connectivity index (χ1n) is 19.1. The summed E-state index contributed by atoms with van der Waals surface area (Å²) in [7, 11) is -4.75. The molecule has 0 saturated carbocycles. The van der Waals surface area contributed by atoms with E-state index in [0.717, 1.165) is 30.3 Å². The van der Waals surface area contributed by atoms with Gasteiger partial charge in [-0.05, 0) is 98.9 Å². The number of oxazole rings is 1. The molecule has 2 rings (SSSR count). The standard InChI is InChI=1S/C42H71NO7Si2/c1-17-19-32(39(47)42(11,12)36(27-37(45)46)49-51(13,14)40(5,6)7)38(50-52(15,16)41(8,9)10)29(3)21-18-20-28(2)22-24-34(44)31-23-25-35-33(26-31)43-30(4)48-35/h17,22-23,25-26,29,32,34,36,38,44H,1,18-21,24,27H2,2-16H3,(H,45,46)/t29-,32+,34-,36-,38-/m0/s1. The molecule has 0 aliphatic rings. The molecular formula is C42H71NO7Si2. The van der Waals surface area contributed by atoms with E-state index in [-0.39, 0.29) is 34.3 Å². The van der Waals surface area contributed by atoms with E-state index in [0.29, 0.717) is 24.3 Å². The number of carboxylic acids is 1. The fourth-order valence-corrected chi connectivity index (χ4v) is 9.01. The number of carbonyl (C=O) groups is 2. The van der Waals surface area contributed by atoms with E-state index in [1.54, 1.807) is 6.08 Å². The molecule has 0 saturated heterocycles. The third-order valence-corrected chi connectivity index (χ3v) is 20.8. The summed E-state index contributed by atoms with van der Waals surface area (Å²) in [5, 5.41) is 20.7. The zero-order chi connectivity index (χ0) is 40.0. The smallest absolute Gasteiger partial charge is 0.305 e. The molecule has 0 fully saturated rings. The molecule has 0 spiro atoms. The fraction of sp³-hybridized carbons (Fsp3) is 0.690. The summed E-state index contributed by atoms with van der Waals surface area (Å²) in [5.74, 6) is -0.862. The highest BCUT2D eigenvalue weighted by Crippen LogP contribution is 2.45. The van der Waals surface area contributed by atoms with Crippen LogP contribution in [-0.2, 0) is 18.4 Å². The third-order valence-electron chi connectivity index (χ3n) is 11.8. The summed E-state index contributed by atoms with van der Waals surface area (Å²) in [6.07, 6.45) is 5.40. The maximum absolute atomic E-state index is 14.9. The number of aliphatic carboxylic acids is 1. The summed E-state index contributed by atoms with van der Waals surface area (Å²) in [6.45, 7) is 35.5. The van der Waals surface area contributed by atoms with Crippen LogP contribution in [0.5, 0.6) is 0 Å². The summed E-state index contributed by atoms with van der Waals surface area (Å²) < 4.78 is 19.5. The predicted molar refractivity (Wildman–Crippen MR) is 219 cm³/mol. The van der Waals surface area contributed by atoms with Crippen molar-refractivity contribution in [3.8, 4) is 0 Å². The van der Waals surface area contributed by atoms with Crippen molar-refractivity contribution in [2.45, 2.75) is 169 Å². The van der Waals surface area contributed by atoms with Gasteiger partial charge in [0, 0.05) is 18.3 Å². The average Bonchev–Trinajstić information content (AvgIpc) is 3.38. The van der Waals surface area contributed by atoms with E-state index >= 15 is 0 Å². The molecule has 1 heterocycles. The minimum atomic E-state index is -2.42. The summed E-state index contributed by atoms with van der Waals surface area (Å²) in [4.78, 5) is 31.5. The van der Waals surface area contributed by atoms with Crippen molar-refractivity contribution >= 4 is 39.5 Å². The van der Waals surface area contributed by atoms with E-state index in [9.17, 15) is 19.8 Å². The number of allylic oxidation sites excluding steroid dienone is 2. The largest absolute Gasteiger partial charge is 0.481 e. The number of nitrogens with zero attached hydrogens (tertiary/aromatic N) is 1. The van der Waals surface area contributed by atoms with Crippen LogP contribution in [0.15, 0.2) is 46.9 Å². The molecule has 10 heteroatoms. The van der Waals surface area contributed by atoms with Gasteiger partial charge in [-0.25, -0.2) is 4.98 Å². The number of Topliss-reactive ketones (excluding diaryl/α,β-unsaturated/α-hetero) is 1. The predicted octanol–water partition coefficient (Wildman–Crippen LogP) is 11.4. The second kappa shape index (κ2) is 17.8. The van der Waals surface area contributed by atoms with Crippen molar-refractivity contribution in [3.63, 3.8) is 0 Å². The molecule has 2 aromatic rings. The number of aliphatic hydroxyl groups excluding tert-OH is 1. The highest BCUT2D eigenvalue weighted by atomic mass is 28.4. The van der Waals surface area contributed by atoms with E-state index < -0.39 is 46.1 Å². The van der Waals surface area contributed by atoms with Gasteiger partial charge in [-0.3, -0.25) is 9.59 Å². The Hall–Kier alpha value is -2.38. The molecule has 1 aromatic heterocycles. The lowest BCUT2D eigenvalue weighted by Crippen LogP contribution is -2.55. The minimum absolute atomic E-state index is 0.0306. The van der Waals surface area contributed by atoms with Crippen LogP contribution < -0.4 is 0 Å². The topological polar surface area (TPSA) is 119 Å². The number of carbonyl (C=O) groups excluding carboxylic acids is 1. The number of aliphatic hydroxyl groups is 1. The normalized spacial score (nSPS) is 16.7. The van der Waals surface area contributed by atoms with Gasteiger partial charge in [0.1, 0.15) is 11.3 Å². The first kappa shape index (κ1) is 45.8. The van der Waals surface area contributed by atoms with Crippen LogP contribution in [0.2, 0.25) is 36.3 Å². The molecule has 0 unspecified atom stereocenters. The van der Waals surface area contributed by atoms with Gasteiger partial charge in [-0.2, -0.15) is 0 Å². The van der Waals surface area contributed by atoms with Gasteiger partial charge in [-0.1, -0.05) is 86.1 Å². The molecule has 0 aliphatic carbocycles. The number of ketones is 1. The molecule has 2 N–H and O–H groups in total. The third kappa shape index (κ3) is 12.1. The van der Waals surface area contributed by atoms with Crippen LogP contribution in [0.1, 0.15) is 125 Å². The van der Waals surface area contributed by atoms with E-state index in [2.05, 4.69) is 99.2 Å². The van der Waals surface area contributed by atoms with E-state index in [1.807, 2.05) is 39.0 Å². The van der Waals surface area contributed by atoms with Gasteiger partial charge < -0.3 is 23.5 Å². The Morgan fingerprint density at radius 1 is 0.981 bits per heavy atom. The number of fused-ring (bicyclic) bond motifs is 1. The fourth-order valence-electron chi connectivity index (χ4n) is 6.14. The van der Waals surface area contributed by atoms with Gasteiger partial charge in [-0.15, -0.1) is 6.58 Å². The maximum atomic E-state index is 14.9. The van der Waals surface area contributed by atoms with Crippen molar-refractivity contribution in [1.29, 1.82) is 0 Å². The molecule has 0 bridgehead atoms. The second-order valence-corrected chi connectivity index (χ2v) is 28.2. The van der Waals surface area contributed by atoms with Crippen molar-refractivity contribution in [2.24, 2.45) is 17.3 Å². The van der Waals surface area contributed by atoms with Gasteiger partial charge >= 0.3 is 5.97 Å². The van der Waals surface area contributed by atoms with E-state index in [1.165, 1.54) is 5.57 Å². The number of carboxylic acid groups (broad SMARTS) is 1. The maximum Gasteiger partial charge on any atom is 0.305 e. The lowest BCUT2D eigenvalue weighted by molar-refractivity contribution is -0.146. The lowest BCUT2D eigenvalue weighted by Gasteiger charge is -2.47. The molecule has 0 amide bonds. The molecule has 0 radical (unpaired) electrons. The van der Waals surface area contributed by atoms with Crippen molar-refractivity contribution < 1.29 is 33.1 Å². The van der Waals surface area contributed by atoms with Crippen LogP contribution in [0, 0.1) is 24.2 Å². The monoisotopic (exact) mass is 757 g/mol. The Labute approximate surface area is 317 Å². The number of benzene rings is 1. The molecule has 294 valence electrons. The quantitative estimate of drug-likeness (QED) is 0.101. The number of aryl methyl sites for hydroxylation is 1. The number of hydrogen-bond donors (Lipinski definition) is 2. The Morgan fingerprint density at radius 3 is 2.10 bits per heavy atom. The van der Waals surface area contributed by atoms with Gasteiger partial charge in [0.15, 0.2) is 28.1 Å². The summed E-state index contributed by atoms with van der Waals surface area (Å²) in [6, 6.07) is 5.62. The summed E-state index contributed by atoms with van der Waals surface area (Å²) in [5.41, 5.74) is 2.39. The number of rotatable bonds is 20. The van der Waals surface area contributed by atoms with Crippen molar-refractivity contribution in [1.82, 2.24) is 4.98 Å². The van der Waals surface area contributed by atoms with Crippen LogP contribution in [0.3, 0.4) is 0 Å². The lowest BCUT2D eigenvalue weighted by atomic mass is 9.71. The highest BCUT2D eigenvalue weighted by molar-refractivity contribution is 6.74. The first-order valence-corrected chi connectivity index (χ1v) is 24.9. The van der Waals surface area contributed by atoms with Crippen molar-refractivity contribution in [3.05, 3.63) is 54.0 Å². The van der Waals surface area contributed by atoms with Gasteiger partial charge in [0.2, 0.25) is 0 Å². The summed E-state index contributed by atoms with van der Waals surface area (Å²) >= 11 is 0. The highest BCUT2D eigenvalue weighted by Gasteiger charge is 2.50. The van der Waals surface area contributed by atoms with E-state index in [4.69, 9.17) is 13.3 Å². The van der Waals surface area contributed by atoms with Crippen LogP contribution in [0.25, 0.3) is 11.1 Å². The molecule has 0 aliphatic heterocycles. The Balaban J connectivity index is 2.34. The Bertz CT molecular complexity index is 1540. The zero-order valence-electron chi connectivity index (χ0n) is 35.1. The van der Waals surface area contributed by atoms with Gasteiger partial charge in [0.25, 0.3) is 0 Å². The minimum Gasteiger partial charge on any atom is -0.481 e. The SMILES string of the molecule is C=CC[C@@H](C(=O)C(C)(C)[C@H](CC(=O)O)O[Si](C)(C)C(C)(C)C)[C@@H](O[Si](C)(C)C(C)(C)C)[C@@H](C)CCCC(C)=CC[C@H](O)c1ccc2oc(C)nc2c1. The van der Waals surface area contributed by atoms with Crippen molar-refractivity contribution in [2.75, 3.05) is 0 Å². The van der Waals surface area contributed by atoms with Gasteiger partial charge in [0.05, 0.1) is 24.7 Å². The van der Waals surface area contributed by atoms with Crippen LogP contribution >= 0.6 is 0 Å². The number of hydrogen-bond acceptors (Lipinski definition) is 7. The van der Waals surface area contributed by atoms with Crippen LogP contribution in [-0.4, -0.2) is 55.8 Å². The molecule has 8 nitrogen and oxygen atoms in total. The zero-order valence-corrected chi connectivity index (χ0v) is 37.1. The average molecular weight is 758 g/mol. The number of aromatic nitrogens is 1. The molecular weight excluding hydrogens is 687 g/mol. The van der Waals surface area contributed by atoms with Crippen LogP contribution in [0.4, 0.5) is 0 Å². The Morgan fingerprint density at radius 2 is 1.56 bits per heavy atom. The Kier molecular flexibility index (Phi) is 15.7.